The number of amides is 5. The summed E-state index contributed by atoms with van der Waals surface area (Å²) >= 11 is 12.6. The molecule has 0 aromatic heterocycles. The first kappa shape index (κ1) is 18.6. The van der Waals surface area contributed by atoms with Crippen LogP contribution in [-0.4, -0.2) is 29.0 Å². The van der Waals surface area contributed by atoms with Gasteiger partial charge in [0.1, 0.15) is 12.1 Å². The third-order valence-corrected chi connectivity index (χ3v) is 5.56. The van der Waals surface area contributed by atoms with Crippen molar-refractivity contribution in [2.24, 2.45) is 5.92 Å². The molecule has 2 aliphatic rings. The zero-order valence-electron chi connectivity index (χ0n) is 14.5. The van der Waals surface area contributed by atoms with Crippen LogP contribution in [0.25, 0.3) is 0 Å². The summed E-state index contributed by atoms with van der Waals surface area (Å²) in [5.74, 6) is -1.32. The second-order valence-electron chi connectivity index (χ2n) is 6.61. The van der Waals surface area contributed by atoms with Crippen LogP contribution in [0.15, 0.2) is 48.5 Å². The van der Waals surface area contributed by atoms with Crippen LogP contribution in [0.3, 0.4) is 0 Å². The smallest absolute Gasteiger partial charge is 0.326 e. The molecule has 9 heteroatoms. The summed E-state index contributed by atoms with van der Waals surface area (Å²) in [6.45, 7) is 0.227. The number of urea groups is 2. The topological polar surface area (TPSA) is 90.5 Å². The first-order valence-corrected chi connectivity index (χ1v) is 9.37. The van der Waals surface area contributed by atoms with Gasteiger partial charge in [0.05, 0.1) is 6.04 Å². The summed E-state index contributed by atoms with van der Waals surface area (Å²) in [4.78, 5) is 39.0. The van der Waals surface area contributed by atoms with Crippen molar-refractivity contribution in [1.29, 1.82) is 0 Å². The maximum Gasteiger partial charge on any atom is 0.326 e. The molecule has 3 N–H and O–H groups in total. The molecule has 2 aromatic carbocycles. The van der Waals surface area contributed by atoms with Gasteiger partial charge in [0.2, 0.25) is 5.91 Å². The minimum absolute atomic E-state index is 0.227. The fourth-order valence-electron chi connectivity index (χ4n) is 3.64. The summed E-state index contributed by atoms with van der Waals surface area (Å²) < 4.78 is 0. The van der Waals surface area contributed by atoms with Crippen LogP contribution in [0.4, 0.5) is 9.59 Å². The minimum atomic E-state index is -0.840. The monoisotopic (exact) mass is 418 g/mol. The van der Waals surface area contributed by atoms with E-state index in [0.717, 1.165) is 5.56 Å². The average molecular weight is 419 g/mol. The van der Waals surface area contributed by atoms with E-state index in [1.54, 1.807) is 18.2 Å². The number of carbonyl (C=O) groups is 3. The standard InChI is InChI=1S/C19H16Cl2N4O3/c20-11-7-4-8-12(21)13(11)15-14-16(23-18(27)22-15)25(19(28)24-17(14)26)9-10-5-2-1-3-6-10/h1-8,14-16H,9H2,(H2,22,23,27)(H,24,26,28). The minimum Gasteiger partial charge on any atom is -0.330 e. The van der Waals surface area contributed by atoms with Gasteiger partial charge in [-0.05, 0) is 17.7 Å². The van der Waals surface area contributed by atoms with E-state index in [2.05, 4.69) is 16.0 Å². The quantitative estimate of drug-likeness (QED) is 0.715. The van der Waals surface area contributed by atoms with Crippen molar-refractivity contribution in [2.45, 2.75) is 18.8 Å². The molecule has 3 atom stereocenters. The van der Waals surface area contributed by atoms with E-state index in [1.165, 1.54) is 4.90 Å². The van der Waals surface area contributed by atoms with Crippen molar-refractivity contribution < 1.29 is 14.4 Å². The summed E-state index contributed by atoms with van der Waals surface area (Å²) in [6.07, 6.45) is -0.840. The summed E-state index contributed by atoms with van der Waals surface area (Å²) in [7, 11) is 0. The molecule has 144 valence electrons. The van der Waals surface area contributed by atoms with Crippen LogP contribution in [0.1, 0.15) is 17.2 Å². The Morgan fingerprint density at radius 3 is 2.25 bits per heavy atom. The van der Waals surface area contributed by atoms with Crippen LogP contribution in [0, 0.1) is 5.92 Å². The van der Waals surface area contributed by atoms with Gasteiger partial charge in [0.15, 0.2) is 0 Å². The Labute approximate surface area is 171 Å². The molecule has 2 aromatic rings. The van der Waals surface area contributed by atoms with E-state index in [1.807, 2.05) is 30.3 Å². The summed E-state index contributed by atoms with van der Waals surface area (Å²) in [5.41, 5.74) is 1.31. The Balaban J connectivity index is 1.74. The Kier molecular flexibility index (Phi) is 4.87. The number of hydrogen-bond acceptors (Lipinski definition) is 3. The molecule has 0 bridgehead atoms. The highest BCUT2D eigenvalue weighted by Gasteiger charge is 2.50. The normalized spacial score (nSPS) is 24.1. The number of hydrogen-bond donors (Lipinski definition) is 3. The number of rotatable bonds is 3. The fourth-order valence-corrected chi connectivity index (χ4v) is 4.27. The molecule has 5 amide bonds. The van der Waals surface area contributed by atoms with Crippen molar-refractivity contribution >= 4 is 41.2 Å². The molecule has 0 saturated carbocycles. The van der Waals surface area contributed by atoms with Gasteiger partial charge in [-0.25, -0.2) is 9.59 Å². The first-order valence-electron chi connectivity index (χ1n) is 8.62. The highest BCUT2D eigenvalue weighted by atomic mass is 35.5. The Bertz CT molecular complexity index is 933. The van der Waals surface area contributed by atoms with Gasteiger partial charge in [-0.1, -0.05) is 59.6 Å². The lowest BCUT2D eigenvalue weighted by Crippen LogP contribution is -2.71. The van der Waals surface area contributed by atoms with E-state index in [0.29, 0.717) is 15.6 Å². The molecular formula is C19H16Cl2N4O3. The van der Waals surface area contributed by atoms with E-state index in [-0.39, 0.29) is 6.54 Å². The first-order chi connectivity index (χ1) is 13.5. The molecule has 0 spiro atoms. The third kappa shape index (κ3) is 3.27. The molecule has 0 aliphatic carbocycles. The number of nitrogens with zero attached hydrogens (tertiary/aromatic N) is 1. The summed E-state index contributed by atoms with van der Waals surface area (Å²) in [6, 6.07) is 12.4. The van der Waals surface area contributed by atoms with Gasteiger partial charge in [0, 0.05) is 22.2 Å². The number of nitrogens with one attached hydrogen (secondary N) is 3. The highest BCUT2D eigenvalue weighted by molar-refractivity contribution is 6.36. The van der Waals surface area contributed by atoms with Crippen molar-refractivity contribution in [2.75, 3.05) is 0 Å². The van der Waals surface area contributed by atoms with E-state index in [4.69, 9.17) is 23.2 Å². The number of carbonyl (C=O) groups excluding carboxylic acids is 3. The second kappa shape index (κ2) is 7.33. The van der Waals surface area contributed by atoms with Crippen LogP contribution < -0.4 is 16.0 Å². The van der Waals surface area contributed by atoms with E-state index in [9.17, 15) is 14.4 Å². The molecule has 2 aliphatic heterocycles. The molecule has 2 heterocycles. The fraction of sp³-hybridized carbons (Fsp3) is 0.211. The van der Waals surface area contributed by atoms with Gasteiger partial charge in [0.25, 0.3) is 0 Å². The molecule has 28 heavy (non-hydrogen) atoms. The third-order valence-electron chi connectivity index (χ3n) is 4.90. The Morgan fingerprint density at radius 1 is 0.893 bits per heavy atom. The van der Waals surface area contributed by atoms with Crippen LogP contribution in [-0.2, 0) is 11.3 Å². The van der Waals surface area contributed by atoms with Gasteiger partial charge >= 0.3 is 12.1 Å². The lowest BCUT2D eigenvalue weighted by molar-refractivity contribution is -0.130. The zero-order valence-corrected chi connectivity index (χ0v) is 16.0. The molecule has 2 saturated heterocycles. The van der Waals surface area contributed by atoms with Crippen molar-refractivity contribution in [3.05, 3.63) is 69.7 Å². The van der Waals surface area contributed by atoms with Gasteiger partial charge in [-0.15, -0.1) is 0 Å². The molecule has 2 fully saturated rings. The van der Waals surface area contributed by atoms with Crippen LogP contribution >= 0.6 is 23.2 Å². The largest absolute Gasteiger partial charge is 0.330 e. The number of imide groups is 1. The molecule has 4 rings (SSSR count). The second-order valence-corrected chi connectivity index (χ2v) is 7.42. The predicted octanol–water partition coefficient (Wildman–Crippen LogP) is 3.04. The molecule has 3 unspecified atom stereocenters. The van der Waals surface area contributed by atoms with Gasteiger partial charge in [-0.2, -0.15) is 0 Å². The number of benzene rings is 2. The molecule has 0 radical (unpaired) electrons. The van der Waals surface area contributed by atoms with Gasteiger partial charge < -0.3 is 10.6 Å². The Morgan fingerprint density at radius 2 is 1.57 bits per heavy atom. The predicted molar refractivity (Wildman–Crippen MR) is 104 cm³/mol. The number of halogens is 2. The zero-order chi connectivity index (χ0) is 19.8. The lowest BCUT2D eigenvalue weighted by Gasteiger charge is -2.46. The van der Waals surface area contributed by atoms with E-state index >= 15 is 0 Å². The maximum atomic E-state index is 12.7. The van der Waals surface area contributed by atoms with Crippen molar-refractivity contribution in [3.63, 3.8) is 0 Å². The molecular weight excluding hydrogens is 403 g/mol. The van der Waals surface area contributed by atoms with Gasteiger partial charge in [-0.3, -0.25) is 15.0 Å². The summed E-state index contributed by atoms with van der Waals surface area (Å²) in [5, 5.41) is 8.46. The van der Waals surface area contributed by atoms with Crippen LogP contribution in [0.5, 0.6) is 0 Å². The number of fused-ring (bicyclic) bond motifs is 1. The van der Waals surface area contributed by atoms with Crippen molar-refractivity contribution in [3.8, 4) is 0 Å². The van der Waals surface area contributed by atoms with E-state index < -0.39 is 36.1 Å². The maximum absolute atomic E-state index is 12.7. The average Bonchev–Trinajstić information content (AvgIpc) is 2.65. The van der Waals surface area contributed by atoms with Crippen molar-refractivity contribution in [1.82, 2.24) is 20.9 Å². The molecule has 7 nitrogen and oxygen atoms in total. The highest BCUT2D eigenvalue weighted by Crippen LogP contribution is 2.39. The Hall–Kier alpha value is -2.77. The van der Waals surface area contributed by atoms with Crippen LogP contribution in [0.2, 0.25) is 10.0 Å². The SMILES string of the molecule is O=C1NC(c2c(Cl)cccc2Cl)C2C(=O)NC(=O)N(Cc3ccccc3)C2N1. The lowest BCUT2D eigenvalue weighted by atomic mass is 9.86.